The van der Waals surface area contributed by atoms with Gasteiger partial charge in [-0.05, 0) is 24.3 Å². The van der Waals surface area contributed by atoms with Crippen molar-refractivity contribution in [1.82, 2.24) is 4.72 Å². The Hall–Kier alpha value is -2.71. The highest BCUT2D eigenvalue weighted by Crippen LogP contribution is 2.16. The SMILES string of the molecule is COC(=O)c1ccccc1NC(=O)CCNS(=O)(=O)c1ccccc1. The molecular weight excluding hydrogens is 344 g/mol. The van der Waals surface area contributed by atoms with Crippen LogP contribution in [0.1, 0.15) is 16.8 Å². The lowest BCUT2D eigenvalue weighted by Gasteiger charge is -2.10. The number of carbonyl (C=O) groups excluding carboxylic acids is 2. The Bertz CT molecular complexity index is 850. The molecular formula is C17H18N2O5S. The Balaban J connectivity index is 1.93. The van der Waals surface area contributed by atoms with Gasteiger partial charge in [-0.1, -0.05) is 30.3 Å². The number of ether oxygens (including phenoxy) is 1. The molecule has 0 saturated heterocycles. The van der Waals surface area contributed by atoms with Gasteiger partial charge >= 0.3 is 5.97 Å². The summed E-state index contributed by atoms with van der Waals surface area (Å²) in [6, 6.07) is 14.3. The summed E-state index contributed by atoms with van der Waals surface area (Å²) >= 11 is 0. The number of carbonyl (C=O) groups is 2. The van der Waals surface area contributed by atoms with Crippen molar-refractivity contribution < 1.29 is 22.7 Å². The van der Waals surface area contributed by atoms with Crippen LogP contribution in [0.2, 0.25) is 0 Å². The summed E-state index contributed by atoms with van der Waals surface area (Å²) in [6.07, 6.45) is -0.0818. The fourth-order valence-corrected chi connectivity index (χ4v) is 3.13. The summed E-state index contributed by atoms with van der Waals surface area (Å²) in [5, 5.41) is 2.58. The molecule has 2 rings (SSSR count). The van der Waals surface area contributed by atoms with E-state index in [2.05, 4.69) is 14.8 Å². The third kappa shape index (κ3) is 5.13. The first-order chi connectivity index (χ1) is 11.9. The van der Waals surface area contributed by atoms with Crippen molar-refractivity contribution in [3.63, 3.8) is 0 Å². The lowest BCUT2D eigenvalue weighted by atomic mass is 10.1. The van der Waals surface area contributed by atoms with Crippen molar-refractivity contribution in [2.24, 2.45) is 0 Å². The van der Waals surface area contributed by atoms with E-state index in [1.807, 2.05) is 0 Å². The number of hydrogen-bond donors (Lipinski definition) is 2. The molecule has 0 atom stereocenters. The van der Waals surface area contributed by atoms with E-state index >= 15 is 0 Å². The highest BCUT2D eigenvalue weighted by molar-refractivity contribution is 7.89. The molecule has 0 aromatic heterocycles. The van der Waals surface area contributed by atoms with E-state index in [1.54, 1.807) is 36.4 Å². The Labute approximate surface area is 146 Å². The Kier molecular flexibility index (Phi) is 6.26. The molecule has 0 spiro atoms. The molecule has 0 aliphatic rings. The standard InChI is InChI=1S/C17H18N2O5S/c1-24-17(21)14-9-5-6-10-15(14)19-16(20)11-12-18-25(22,23)13-7-3-2-4-8-13/h2-10,18H,11-12H2,1H3,(H,19,20). The van der Waals surface area contributed by atoms with Crippen molar-refractivity contribution >= 4 is 27.6 Å². The van der Waals surface area contributed by atoms with Crippen LogP contribution in [0.25, 0.3) is 0 Å². The van der Waals surface area contributed by atoms with Gasteiger partial charge in [0.2, 0.25) is 15.9 Å². The van der Waals surface area contributed by atoms with Crippen LogP contribution in [0.5, 0.6) is 0 Å². The van der Waals surface area contributed by atoms with Gasteiger partial charge in [-0.15, -0.1) is 0 Å². The van der Waals surface area contributed by atoms with Crippen molar-refractivity contribution in [3.8, 4) is 0 Å². The molecule has 0 aliphatic heterocycles. The van der Waals surface area contributed by atoms with Crippen LogP contribution < -0.4 is 10.0 Å². The second-order valence-corrected chi connectivity index (χ2v) is 6.81. The van der Waals surface area contributed by atoms with Gasteiger partial charge < -0.3 is 10.1 Å². The molecule has 0 radical (unpaired) electrons. The smallest absolute Gasteiger partial charge is 0.339 e. The summed E-state index contributed by atoms with van der Waals surface area (Å²) in [5.74, 6) is -0.993. The van der Waals surface area contributed by atoms with Gasteiger partial charge in [0.25, 0.3) is 0 Å². The number of anilines is 1. The highest BCUT2D eigenvalue weighted by Gasteiger charge is 2.15. The minimum absolute atomic E-state index is 0.0660. The second-order valence-electron chi connectivity index (χ2n) is 5.05. The maximum absolute atomic E-state index is 12.1. The van der Waals surface area contributed by atoms with Gasteiger partial charge in [0, 0.05) is 13.0 Å². The van der Waals surface area contributed by atoms with Crippen LogP contribution in [0.3, 0.4) is 0 Å². The molecule has 2 N–H and O–H groups in total. The monoisotopic (exact) mass is 362 g/mol. The zero-order valence-corrected chi connectivity index (χ0v) is 14.4. The van der Waals surface area contributed by atoms with E-state index in [1.165, 1.54) is 25.3 Å². The van der Waals surface area contributed by atoms with Gasteiger partial charge in [-0.3, -0.25) is 4.79 Å². The fourth-order valence-electron chi connectivity index (χ4n) is 2.07. The first kappa shape index (κ1) is 18.6. The normalized spacial score (nSPS) is 10.9. The van der Waals surface area contributed by atoms with Crippen molar-refractivity contribution in [1.29, 1.82) is 0 Å². The van der Waals surface area contributed by atoms with E-state index in [-0.39, 0.29) is 23.4 Å². The van der Waals surface area contributed by atoms with E-state index in [0.717, 1.165) is 0 Å². The number of amides is 1. The van der Waals surface area contributed by atoms with Crippen LogP contribution >= 0.6 is 0 Å². The quantitative estimate of drug-likeness (QED) is 0.731. The fraction of sp³-hybridized carbons (Fsp3) is 0.176. The average molecular weight is 362 g/mol. The lowest BCUT2D eigenvalue weighted by Crippen LogP contribution is -2.28. The van der Waals surface area contributed by atoms with Crippen LogP contribution in [0.15, 0.2) is 59.5 Å². The maximum atomic E-state index is 12.1. The van der Waals surface area contributed by atoms with Gasteiger partial charge in [-0.25, -0.2) is 17.9 Å². The van der Waals surface area contributed by atoms with Gasteiger partial charge in [-0.2, -0.15) is 0 Å². The van der Waals surface area contributed by atoms with Crippen molar-refractivity contribution in [2.75, 3.05) is 19.0 Å². The number of benzene rings is 2. The number of sulfonamides is 1. The van der Waals surface area contributed by atoms with Crippen LogP contribution in [0, 0.1) is 0 Å². The zero-order valence-electron chi connectivity index (χ0n) is 13.6. The molecule has 7 nitrogen and oxygen atoms in total. The van der Waals surface area contributed by atoms with Crippen molar-refractivity contribution in [2.45, 2.75) is 11.3 Å². The van der Waals surface area contributed by atoms with Crippen LogP contribution in [0.4, 0.5) is 5.69 Å². The number of methoxy groups -OCH3 is 1. The molecule has 0 unspecified atom stereocenters. The Morgan fingerprint density at radius 3 is 2.32 bits per heavy atom. The molecule has 0 aliphatic carbocycles. The number of hydrogen-bond acceptors (Lipinski definition) is 5. The lowest BCUT2D eigenvalue weighted by molar-refractivity contribution is -0.116. The molecule has 132 valence electrons. The predicted molar refractivity (Wildman–Crippen MR) is 92.7 cm³/mol. The first-order valence-corrected chi connectivity index (χ1v) is 8.94. The molecule has 0 saturated carbocycles. The molecule has 25 heavy (non-hydrogen) atoms. The van der Waals surface area contributed by atoms with Gasteiger partial charge in [0.05, 0.1) is 23.3 Å². The Morgan fingerprint density at radius 2 is 1.64 bits per heavy atom. The number of nitrogens with one attached hydrogen (secondary N) is 2. The number of rotatable bonds is 7. The zero-order chi connectivity index (χ0) is 18.3. The predicted octanol–water partition coefficient (Wildman–Crippen LogP) is 1.78. The third-order valence-electron chi connectivity index (χ3n) is 3.30. The first-order valence-electron chi connectivity index (χ1n) is 7.46. The van der Waals surface area contributed by atoms with Crippen LogP contribution in [-0.2, 0) is 19.6 Å². The minimum atomic E-state index is -3.66. The molecule has 0 heterocycles. The third-order valence-corrected chi connectivity index (χ3v) is 4.78. The van der Waals surface area contributed by atoms with Gasteiger partial charge in [0.15, 0.2) is 0 Å². The van der Waals surface area contributed by atoms with E-state index in [4.69, 9.17) is 0 Å². The van der Waals surface area contributed by atoms with Crippen LogP contribution in [-0.4, -0.2) is 33.9 Å². The summed E-state index contributed by atoms with van der Waals surface area (Å²) in [4.78, 5) is 23.8. The molecule has 8 heteroatoms. The van der Waals surface area contributed by atoms with E-state index in [9.17, 15) is 18.0 Å². The van der Waals surface area contributed by atoms with E-state index in [0.29, 0.717) is 5.69 Å². The van der Waals surface area contributed by atoms with E-state index < -0.39 is 21.9 Å². The molecule has 2 aromatic rings. The number of esters is 1. The van der Waals surface area contributed by atoms with Gasteiger partial charge in [0.1, 0.15) is 0 Å². The summed E-state index contributed by atoms with van der Waals surface area (Å²) in [7, 11) is -2.41. The average Bonchev–Trinajstić information content (AvgIpc) is 2.62. The topological polar surface area (TPSA) is 102 Å². The summed E-state index contributed by atoms with van der Waals surface area (Å²) < 4.78 is 31.1. The Morgan fingerprint density at radius 1 is 1.00 bits per heavy atom. The molecule has 0 bridgehead atoms. The molecule has 2 aromatic carbocycles. The number of para-hydroxylation sites is 1. The second kappa shape index (κ2) is 8.41. The largest absolute Gasteiger partial charge is 0.465 e. The maximum Gasteiger partial charge on any atom is 0.339 e. The summed E-state index contributed by atoms with van der Waals surface area (Å²) in [6.45, 7) is -0.0660. The minimum Gasteiger partial charge on any atom is -0.465 e. The van der Waals surface area contributed by atoms with Crippen molar-refractivity contribution in [3.05, 3.63) is 60.2 Å². The molecule has 1 amide bonds. The highest BCUT2D eigenvalue weighted by atomic mass is 32.2. The molecule has 0 fully saturated rings. The summed E-state index contributed by atoms with van der Waals surface area (Å²) in [5.41, 5.74) is 0.536.